The molecule has 3 heterocycles. The molecule has 0 aliphatic carbocycles. The Morgan fingerprint density at radius 2 is 1.74 bits per heavy atom. The fourth-order valence-electron chi connectivity index (χ4n) is 4.23. The lowest BCUT2D eigenvalue weighted by Gasteiger charge is -2.26. The van der Waals surface area contributed by atoms with Crippen LogP contribution >= 0.6 is 11.8 Å². The van der Waals surface area contributed by atoms with Gasteiger partial charge in [-0.05, 0) is 43.6 Å². The van der Waals surface area contributed by atoms with Crippen LogP contribution in [-0.2, 0) is 17.9 Å². The average Bonchev–Trinajstić information content (AvgIpc) is 3.24. The molecule has 0 atom stereocenters. The molecule has 1 N–H and O–H groups in total. The van der Waals surface area contributed by atoms with Gasteiger partial charge in [0.15, 0.2) is 16.7 Å². The molecule has 9 heteroatoms. The highest BCUT2D eigenvalue weighted by molar-refractivity contribution is 7.99. The number of aromatic nitrogens is 3. The minimum Gasteiger partial charge on any atom is -0.486 e. The van der Waals surface area contributed by atoms with E-state index in [2.05, 4.69) is 37.1 Å². The van der Waals surface area contributed by atoms with Gasteiger partial charge < -0.3 is 19.4 Å². The minimum absolute atomic E-state index is 0.103. The zero-order chi connectivity index (χ0) is 23.2. The SMILES string of the molecule is O=C(CSc1nnc(CN2CCCCC2)n1Cc1ccccc1)Nc1ccc2c(c1)OCCO2. The zero-order valence-electron chi connectivity index (χ0n) is 19.1. The minimum atomic E-state index is -0.103. The highest BCUT2D eigenvalue weighted by atomic mass is 32.2. The maximum Gasteiger partial charge on any atom is 0.234 e. The van der Waals surface area contributed by atoms with E-state index < -0.39 is 0 Å². The third-order valence-corrected chi connectivity index (χ3v) is 6.92. The van der Waals surface area contributed by atoms with Crippen molar-refractivity contribution in [3.8, 4) is 11.5 Å². The van der Waals surface area contributed by atoms with Crippen LogP contribution in [0, 0.1) is 0 Å². The summed E-state index contributed by atoms with van der Waals surface area (Å²) in [7, 11) is 0. The summed E-state index contributed by atoms with van der Waals surface area (Å²) in [4.78, 5) is 15.1. The van der Waals surface area contributed by atoms with E-state index in [1.165, 1.54) is 36.6 Å². The Morgan fingerprint density at radius 3 is 2.56 bits per heavy atom. The second-order valence-electron chi connectivity index (χ2n) is 8.50. The van der Waals surface area contributed by atoms with Crippen LogP contribution in [0.5, 0.6) is 11.5 Å². The molecule has 1 amide bonds. The number of amides is 1. The van der Waals surface area contributed by atoms with E-state index in [9.17, 15) is 4.79 Å². The summed E-state index contributed by atoms with van der Waals surface area (Å²) in [5.74, 6) is 2.44. The molecule has 1 fully saturated rings. The Hall–Kier alpha value is -3.04. The van der Waals surface area contributed by atoms with E-state index in [0.717, 1.165) is 30.6 Å². The van der Waals surface area contributed by atoms with Crippen molar-refractivity contribution in [3.63, 3.8) is 0 Å². The van der Waals surface area contributed by atoms with E-state index in [-0.39, 0.29) is 11.7 Å². The number of hydrogen-bond acceptors (Lipinski definition) is 7. The number of fused-ring (bicyclic) bond motifs is 1. The van der Waals surface area contributed by atoms with E-state index in [1.54, 1.807) is 6.07 Å². The predicted octanol–water partition coefficient (Wildman–Crippen LogP) is 3.81. The number of nitrogens with zero attached hydrogens (tertiary/aromatic N) is 4. The van der Waals surface area contributed by atoms with Crippen LogP contribution in [0.25, 0.3) is 0 Å². The highest BCUT2D eigenvalue weighted by Gasteiger charge is 2.19. The molecule has 2 aromatic carbocycles. The normalized spacial score (nSPS) is 15.8. The molecule has 34 heavy (non-hydrogen) atoms. The average molecular weight is 480 g/mol. The monoisotopic (exact) mass is 479 g/mol. The molecular formula is C25H29N5O3S. The molecule has 8 nitrogen and oxygen atoms in total. The number of likely N-dealkylation sites (tertiary alicyclic amines) is 1. The molecule has 5 rings (SSSR count). The smallest absolute Gasteiger partial charge is 0.234 e. The molecule has 2 aliphatic rings. The molecule has 0 radical (unpaired) electrons. The molecule has 0 bridgehead atoms. The second kappa shape index (κ2) is 10.9. The number of ether oxygens (including phenoxy) is 2. The van der Waals surface area contributed by atoms with Crippen molar-refractivity contribution < 1.29 is 14.3 Å². The van der Waals surface area contributed by atoms with Gasteiger partial charge in [-0.15, -0.1) is 10.2 Å². The molecule has 1 saturated heterocycles. The summed E-state index contributed by atoms with van der Waals surface area (Å²) in [5.41, 5.74) is 1.87. The van der Waals surface area contributed by atoms with E-state index in [4.69, 9.17) is 9.47 Å². The summed E-state index contributed by atoms with van der Waals surface area (Å²) in [5, 5.41) is 12.7. The number of nitrogens with one attached hydrogen (secondary N) is 1. The number of benzene rings is 2. The quantitative estimate of drug-likeness (QED) is 0.492. The van der Waals surface area contributed by atoms with Crippen molar-refractivity contribution in [1.82, 2.24) is 19.7 Å². The van der Waals surface area contributed by atoms with Crippen molar-refractivity contribution in [2.24, 2.45) is 0 Å². The third-order valence-electron chi connectivity index (χ3n) is 5.95. The summed E-state index contributed by atoms with van der Waals surface area (Å²) >= 11 is 1.41. The molecule has 1 aromatic heterocycles. The number of hydrogen-bond donors (Lipinski definition) is 1. The molecule has 0 unspecified atom stereocenters. The van der Waals surface area contributed by atoms with Gasteiger partial charge in [0.05, 0.1) is 18.8 Å². The zero-order valence-corrected chi connectivity index (χ0v) is 19.9. The van der Waals surface area contributed by atoms with Crippen LogP contribution in [0.15, 0.2) is 53.7 Å². The van der Waals surface area contributed by atoms with Crippen LogP contribution in [0.2, 0.25) is 0 Å². The number of piperidine rings is 1. The van der Waals surface area contributed by atoms with Crippen LogP contribution < -0.4 is 14.8 Å². The van der Waals surface area contributed by atoms with Crippen LogP contribution in [0.3, 0.4) is 0 Å². The Labute approximate surface area is 203 Å². The summed E-state index contributed by atoms with van der Waals surface area (Å²) < 4.78 is 13.3. The second-order valence-corrected chi connectivity index (χ2v) is 9.45. The first-order chi connectivity index (χ1) is 16.7. The van der Waals surface area contributed by atoms with Gasteiger partial charge in [-0.1, -0.05) is 48.5 Å². The fraction of sp³-hybridized carbons (Fsp3) is 0.400. The molecule has 3 aromatic rings. The Kier molecular flexibility index (Phi) is 7.31. The lowest BCUT2D eigenvalue weighted by molar-refractivity contribution is -0.113. The Morgan fingerprint density at radius 1 is 0.941 bits per heavy atom. The molecule has 0 saturated carbocycles. The number of thioether (sulfide) groups is 1. The fourth-order valence-corrected chi connectivity index (χ4v) is 4.99. The first-order valence-electron chi connectivity index (χ1n) is 11.8. The number of carbonyl (C=O) groups is 1. The Bertz CT molecular complexity index is 1110. The first-order valence-corrected chi connectivity index (χ1v) is 12.7. The van der Waals surface area contributed by atoms with E-state index in [0.29, 0.717) is 36.9 Å². The van der Waals surface area contributed by atoms with Gasteiger partial charge >= 0.3 is 0 Å². The Balaban J connectivity index is 1.26. The van der Waals surface area contributed by atoms with Crippen molar-refractivity contribution in [1.29, 1.82) is 0 Å². The van der Waals surface area contributed by atoms with E-state index in [1.807, 2.05) is 30.3 Å². The van der Waals surface area contributed by atoms with Crippen molar-refractivity contribution in [3.05, 3.63) is 59.9 Å². The van der Waals surface area contributed by atoms with Gasteiger partial charge in [0.2, 0.25) is 5.91 Å². The van der Waals surface area contributed by atoms with Gasteiger partial charge in [-0.3, -0.25) is 9.69 Å². The third kappa shape index (κ3) is 5.71. The maximum atomic E-state index is 12.7. The summed E-state index contributed by atoms with van der Waals surface area (Å²) in [6.45, 7) is 4.71. The van der Waals surface area contributed by atoms with Gasteiger partial charge in [-0.25, -0.2) is 0 Å². The first kappa shape index (κ1) is 22.7. The number of anilines is 1. The van der Waals surface area contributed by atoms with Crippen molar-refractivity contribution in [2.45, 2.75) is 37.5 Å². The van der Waals surface area contributed by atoms with Gasteiger partial charge in [0, 0.05) is 11.8 Å². The van der Waals surface area contributed by atoms with Crippen LogP contribution in [-0.4, -0.2) is 57.6 Å². The largest absolute Gasteiger partial charge is 0.486 e. The van der Waals surface area contributed by atoms with Crippen molar-refractivity contribution in [2.75, 3.05) is 37.4 Å². The molecule has 0 spiro atoms. The van der Waals surface area contributed by atoms with Crippen LogP contribution in [0.4, 0.5) is 5.69 Å². The molecular weight excluding hydrogens is 450 g/mol. The van der Waals surface area contributed by atoms with E-state index >= 15 is 0 Å². The lowest BCUT2D eigenvalue weighted by atomic mass is 10.1. The predicted molar refractivity (Wildman–Crippen MR) is 131 cm³/mol. The topological polar surface area (TPSA) is 81.5 Å². The van der Waals surface area contributed by atoms with Gasteiger partial charge in [0.25, 0.3) is 0 Å². The standard InChI is InChI=1S/C25H29N5O3S/c31-24(26-20-9-10-21-22(15-20)33-14-13-32-21)18-34-25-28-27-23(17-29-11-5-2-6-12-29)30(25)16-19-7-3-1-4-8-19/h1,3-4,7-10,15H,2,5-6,11-14,16-18H2,(H,26,31). The van der Waals surface area contributed by atoms with Gasteiger partial charge in [-0.2, -0.15) is 0 Å². The lowest BCUT2D eigenvalue weighted by Crippen LogP contribution is -2.30. The number of rotatable bonds is 8. The molecule has 178 valence electrons. The van der Waals surface area contributed by atoms with Gasteiger partial charge in [0.1, 0.15) is 19.0 Å². The highest BCUT2D eigenvalue weighted by Crippen LogP contribution is 2.32. The summed E-state index contributed by atoms with van der Waals surface area (Å²) in [6, 6.07) is 15.7. The molecule has 2 aliphatic heterocycles. The number of carbonyl (C=O) groups excluding carboxylic acids is 1. The van der Waals surface area contributed by atoms with Crippen molar-refractivity contribution >= 4 is 23.4 Å². The van der Waals surface area contributed by atoms with Crippen LogP contribution in [0.1, 0.15) is 30.7 Å². The summed E-state index contributed by atoms with van der Waals surface area (Å²) in [6.07, 6.45) is 3.76. The maximum absolute atomic E-state index is 12.7.